The SMILES string of the molecule is CC(C)(C)OC(=O)N(Cc1cncc(C2CCN(C(=O)c3cncc(CCc4ccccc4)c3)CC2)c1)C(=O)OC(C)(C)C. The monoisotopic (exact) mass is 600 g/mol. The molecule has 3 aromatic rings. The summed E-state index contributed by atoms with van der Waals surface area (Å²) in [5.74, 6) is 0.188. The number of amides is 3. The minimum atomic E-state index is -0.775. The Bertz CT molecular complexity index is 1410. The van der Waals surface area contributed by atoms with E-state index >= 15 is 0 Å². The third-order valence-electron chi connectivity index (χ3n) is 7.23. The van der Waals surface area contributed by atoms with Crippen molar-refractivity contribution in [1.82, 2.24) is 19.8 Å². The van der Waals surface area contributed by atoms with Crippen molar-refractivity contribution in [3.05, 3.63) is 95.1 Å². The predicted octanol–water partition coefficient (Wildman–Crippen LogP) is 6.95. The largest absolute Gasteiger partial charge is 0.443 e. The van der Waals surface area contributed by atoms with Crippen LogP contribution in [0.2, 0.25) is 0 Å². The third-order valence-corrected chi connectivity index (χ3v) is 7.23. The van der Waals surface area contributed by atoms with Gasteiger partial charge in [0.2, 0.25) is 0 Å². The van der Waals surface area contributed by atoms with Crippen molar-refractivity contribution in [3.8, 4) is 0 Å². The molecule has 1 fully saturated rings. The molecule has 0 radical (unpaired) electrons. The van der Waals surface area contributed by atoms with E-state index in [1.54, 1.807) is 53.9 Å². The van der Waals surface area contributed by atoms with E-state index in [1.165, 1.54) is 5.56 Å². The molecule has 0 atom stereocenters. The molecule has 3 heterocycles. The van der Waals surface area contributed by atoms with Gasteiger partial charge in [0.15, 0.2) is 0 Å². The molecule has 2 aromatic heterocycles. The number of hydrogen-bond acceptors (Lipinski definition) is 7. The predicted molar refractivity (Wildman–Crippen MR) is 168 cm³/mol. The average Bonchev–Trinajstić information content (AvgIpc) is 2.97. The summed E-state index contributed by atoms with van der Waals surface area (Å²) in [6, 6.07) is 14.2. The molecule has 0 aliphatic carbocycles. The molecular formula is C35H44N4O5. The van der Waals surface area contributed by atoms with E-state index in [9.17, 15) is 14.4 Å². The summed E-state index contributed by atoms with van der Waals surface area (Å²) in [4.78, 5) is 50.9. The van der Waals surface area contributed by atoms with Crippen molar-refractivity contribution in [2.45, 2.75) is 90.9 Å². The first-order chi connectivity index (χ1) is 20.8. The lowest BCUT2D eigenvalue weighted by atomic mass is 9.89. The number of piperidine rings is 1. The van der Waals surface area contributed by atoms with Crippen molar-refractivity contribution in [3.63, 3.8) is 0 Å². The number of rotatable bonds is 7. The van der Waals surface area contributed by atoms with Gasteiger partial charge >= 0.3 is 12.2 Å². The summed E-state index contributed by atoms with van der Waals surface area (Å²) >= 11 is 0. The molecule has 3 amide bonds. The molecule has 4 rings (SSSR count). The highest BCUT2D eigenvalue weighted by Gasteiger charge is 2.32. The van der Waals surface area contributed by atoms with Gasteiger partial charge in [-0.05, 0) is 101 Å². The van der Waals surface area contributed by atoms with Crippen molar-refractivity contribution < 1.29 is 23.9 Å². The first kappa shape index (κ1) is 32.6. The molecule has 1 aliphatic rings. The van der Waals surface area contributed by atoms with Crippen molar-refractivity contribution in [2.24, 2.45) is 0 Å². The summed E-state index contributed by atoms with van der Waals surface area (Å²) in [7, 11) is 0. The molecule has 234 valence electrons. The highest BCUT2D eigenvalue weighted by atomic mass is 16.6. The smallest absolute Gasteiger partial charge is 0.420 e. The van der Waals surface area contributed by atoms with Gasteiger partial charge < -0.3 is 14.4 Å². The zero-order valence-corrected chi connectivity index (χ0v) is 26.7. The number of imide groups is 1. The topological polar surface area (TPSA) is 102 Å². The second kappa shape index (κ2) is 14.0. The molecule has 1 saturated heterocycles. The number of likely N-dealkylation sites (tertiary alicyclic amines) is 1. The molecule has 0 saturated carbocycles. The number of hydrogen-bond donors (Lipinski definition) is 0. The molecule has 0 bridgehead atoms. The van der Waals surface area contributed by atoms with Gasteiger partial charge in [0, 0.05) is 37.9 Å². The van der Waals surface area contributed by atoms with E-state index in [0.717, 1.165) is 41.7 Å². The number of carbonyl (C=O) groups excluding carboxylic acids is 3. The Hall–Kier alpha value is -4.27. The average molecular weight is 601 g/mol. The number of benzene rings is 1. The normalized spacial score (nSPS) is 14.2. The fraction of sp³-hybridized carbons (Fsp3) is 0.457. The standard InChI is InChI=1S/C35H44N4O5/c1-34(2,3)43-32(41)39(33(42)44-35(4,5)6)24-27-19-29(22-37-21-27)28-14-16-38(17-15-28)31(40)30-18-26(20-36-23-30)13-12-25-10-8-7-9-11-25/h7-11,18-23,28H,12-17,24H2,1-6H3. The molecule has 0 unspecified atom stereocenters. The van der Waals surface area contributed by atoms with Crippen LogP contribution in [0.25, 0.3) is 0 Å². The molecule has 9 heteroatoms. The number of ether oxygens (including phenoxy) is 2. The van der Waals surface area contributed by atoms with Gasteiger partial charge in [-0.25, -0.2) is 14.5 Å². The summed E-state index contributed by atoms with van der Waals surface area (Å²) in [6.45, 7) is 11.7. The second-order valence-electron chi connectivity index (χ2n) is 13.3. The van der Waals surface area contributed by atoms with Crippen LogP contribution in [0.15, 0.2) is 67.3 Å². The molecule has 44 heavy (non-hydrogen) atoms. The first-order valence-corrected chi connectivity index (χ1v) is 15.2. The first-order valence-electron chi connectivity index (χ1n) is 15.2. The van der Waals surface area contributed by atoms with Crippen LogP contribution in [-0.2, 0) is 28.9 Å². The number of nitrogens with zero attached hydrogens (tertiary/aromatic N) is 4. The van der Waals surface area contributed by atoms with Crippen LogP contribution in [0.4, 0.5) is 9.59 Å². The molecule has 0 spiro atoms. The second-order valence-corrected chi connectivity index (χ2v) is 13.3. The van der Waals surface area contributed by atoms with Crippen LogP contribution < -0.4 is 0 Å². The zero-order chi connectivity index (χ0) is 31.9. The van der Waals surface area contributed by atoms with Gasteiger partial charge in [-0.2, -0.15) is 0 Å². The maximum absolute atomic E-state index is 13.4. The number of aryl methyl sites for hydroxylation is 2. The van der Waals surface area contributed by atoms with E-state index in [-0.39, 0.29) is 18.4 Å². The molecule has 9 nitrogen and oxygen atoms in total. The fourth-order valence-electron chi connectivity index (χ4n) is 5.11. The fourth-order valence-corrected chi connectivity index (χ4v) is 5.11. The molecule has 1 aliphatic heterocycles. The van der Waals surface area contributed by atoms with Crippen LogP contribution in [0.1, 0.15) is 92.9 Å². The van der Waals surface area contributed by atoms with Gasteiger partial charge in [0.25, 0.3) is 5.91 Å². The highest BCUT2D eigenvalue weighted by molar-refractivity contribution is 5.94. The van der Waals surface area contributed by atoms with Crippen LogP contribution in [0.3, 0.4) is 0 Å². The lowest BCUT2D eigenvalue weighted by molar-refractivity contribution is -0.000289. The minimum Gasteiger partial charge on any atom is -0.443 e. The summed E-state index contributed by atoms with van der Waals surface area (Å²) in [6.07, 6.45) is 8.66. The summed E-state index contributed by atoms with van der Waals surface area (Å²) < 4.78 is 11.0. The van der Waals surface area contributed by atoms with Crippen LogP contribution >= 0.6 is 0 Å². The maximum atomic E-state index is 13.4. The van der Waals surface area contributed by atoms with Crippen molar-refractivity contribution in [2.75, 3.05) is 13.1 Å². The van der Waals surface area contributed by atoms with E-state index in [2.05, 4.69) is 22.1 Å². The minimum absolute atomic E-state index is 0.00486. The maximum Gasteiger partial charge on any atom is 0.420 e. The Morgan fingerprint density at radius 2 is 1.34 bits per heavy atom. The van der Waals surface area contributed by atoms with Gasteiger partial charge in [-0.15, -0.1) is 0 Å². The van der Waals surface area contributed by atoms with Crippen LogP contribution in [-0.4, -0.2) is 62.2 Å². The van der Waals surface area contributed by atoms with E-state index in [1.807, 2.05) is 47.6 Å². The third kappa shape index (κ3) is 9.62. The Morgan fingerprint density at radius 3 is 1.95 bits per heavy atom. The number of pyridine rings is 2. The van der Waals surface area contributed by atoms with Gasteiger partial charge in [-0.1, -0.05) is 36.4 Å². The van der Waals surface area contributed by atoms with Gasteiger partial charge in [0.1, 0.15) is 11.2 Å². The lowest BCUT2D eigenvalue weighted by Gasteiger charge is -2.32. The van der Waals surface area contributed by atoms with E-state index < -0.39 is 23.4 Å². The van der Waals surface area contributed by atoms with Crippen molar-refractivity contribution in [1.29, 1.82) is 0 Å². The Labute approximate surface area is 260 Å². The molecular weight excluding hydrogens is 556 g/mol. The quantitative estimate of drug-likeness (QED) is 0.289. The molecule has 0 N–H and O–H groups in total. The van der Waals surface area contributed by atoms with Gasteiger partial charge in [-0.3, -0.25) is 14.8 Å². The Kier molecular flexibility index (Phi) is 10.4. The Balaban J connectivity index is 1.38. The Morgan fingerprint density at radius 1 is 0.773 bits per heavy atom. The van der Waals surface area contributed by atoms with Gasteiger partial charge in [0.05, 0.1) is 12.1 Å². The van der Waals surface area contributed by atoms with Crippen LogP contribution in [0.5, 0.6) is 0 Å². The zero-order valence-electron chi connectivity index (χ0n) is 26.7. The van der Waals surface area contributed by atoms with Crippen LogP contribution in [0, 0.1) is 0 Å². The summed E-state index contributed by atoms with van der Waals surface area (Å²) in [5, 5.41) is 0. The number of aromatic nitrogens is 2. The molecule has 1 aromatic carbocycles. The highest BCUT2D eigenvalue weighted by Crippen LogP contribution is 2.29. The van der Waals surface area contributed by atoms with E-state index in [4.69, 9.17) is 9.47 Å². The lowest BCUT2D eigenvalue weighted by Crippen LogP contribution is -2.43. The number of carbonyl (C=O) groups is 3. The van der Waals surface area contributed by atoms with E-state index in [0.29, 0.717) is 24.2 Å². The van der Waals surface area contributed by atoms with Crippen molar-refractivity contribution >= 4 is 18.1 Å². The summed E-state index contributed by atoms with van der Waals surface area (Å²) in [5.41, 5.74) is 3.06.